The fraction of sp³-hybridized carbons (Fsp3) is 0.914. The Morgan fingerprint density at radius 1 is 0.434 bits per heavy atom. The van der Waals surface area contributed by atoms with Crippen molar-refractivity contribution in [3.8, 4) is 0 Å². The number of carbonyl (C=O) groups is 2. The lowest BCUT2D eigenvalue weighted by Gasteiger charge is -2.71. The quantitative estimate of drug-likeness (QED) is 0.109. The standard InChI is InChI=1S/C70H116N2O4/c1-59(2)35-39-69(41-37-65(11)47(49(69)45-59)23-25-53-63(9)31-29-55(73)61(5,6)51(63)27-33-67(53,65)13)57(75)71-43-21-19-17-15-16-18-20-22-44-72-58(76)70-40-36-60(3,4)46-50(70)48-24-26-54-64(10)32-30-56(74)62(7,8)52(64)28-34-68(54,14)66(48,12)38-42-70/h23-24,49-56,73-74H,15-22,25-46H2,1-14H3,(H,71,75)(H,72,76)/t49-,50-,51-,52-,53+,54+,55-,56-,63-,64-,65+,66+,67+,68+,69-,70-/m0/s1. The van der Waals surface area contributed by atoms with E-state index >= 15 is 0 Å². The summed E-state index contributed by atoms with van der Waals surface area (Å²) < 4.78 is 0. The van der Waals surface area contributed by atoms with Crippen molar-refractivity contribution in [2.45, 2.75) is 289 Å². The molecule has 16 atom stereocenters. The number of hydrogen-bond donors (Lipinski definition) is 4. The normalized spacial score (nSPS) is 47.3. The highest BCUT2D eigenvalue weighted by molar-refractivity contribution is 5.85. The van der Waals surface area contributed by atoms with Crippen LogP contribution in [0.25, 0.3) is 0 Å². The van der Waals surface area contributed by atoms with Crippen molar-refractivity contribution in [1.82, 2.24) is 10.6 Å². The molecule has 0 heterocycles. The second-order valence-corrected chi connectivity index (χ2v) is 33.8. The number of nitrogens with one attached hydrogen (secondary N) is 2. The van der Waals surface area contributed by atoms with E-state index in [1.54, 1.807) is 11.1 Å². The first-order valence-corrected chi connectivity index (χ1v) is 32.8. The lowest BCUT2D eigenvalue weighted by atomic mass is 9.33. The van der Waals surface area contributed by atoms with Crippen LogP contribution in [0.4, 0.5) is 0 Å². The van der Waals surface area contributed by atoms with Gasteiger partial charge < -0.3 is 20.8 Å². The van der Waals surface area contributed by atoms with Gasteiger partial charge in [-0.15, -0.1) is 0 Å². The Morgan fingerprint density at radius 2 is 0.776 bits per heavy atom. The third-order valence-corrected chi connectivity index (χ3v) is 28.8. The van der Waals surface area contributed by atoms with Gasteiger partial charge in [-0.1, -0.05) is 159 Å². The van der Waals surface area contributed by atoms with Crippen molar-refractivity contribution in [2.24, 2.45) is 100 Å². The van der Waals surface area contributed by atoms with E-state index in [0.717, 1.165) is 129 Å². The van der Waals surface area contributed by atoms with Crippen LogP contribution < -0.4 is 10.6 Å². The smallest absolute Gasteiger partial charge is 0.226 e. The summed E-state index contributed by atoms with van der Waals surface area (Å²) in [5.74, 6) is 3.73. The Labute approximate surface area is 465 Å². The summed E-state index contributed by atoms with van der Waals surface area (Å²) in [6.07, 6.45) is 36.6. The van der Waals surface area contributed by atoms with Gasteiger partial charge in [0, 0.05) is 13.1 Å². The average molecular weight is 1050 g/mol. The maximum Gasteiger partial charge on any atom is 0.226 e. The largest absolute Gasteiger partial charge is 0.393 e. The van der Waals surface area contributed by atoms with Gasteiger partial charge in [-0.25, -0.2) is 0 Å². The third kappa shape index (κ3) is 8.56. The van der Waals surface area contributed by atoms with E-state index in [-0.39, 0.29) is 77.2 Å². The van der Waals surface area contributed by atoms with Crippen molar-refractivity contribution in [3.05, 3.63) is 23.3 Å². The summed E-state index contributed by atoms with van der Waals surface area (Å²) in [6, 6.07) is 0. The molecule has 0 bridgehead atoms. The number of aliphatic hydroxyl groups is 2. The van der Waals surface area contributed by atoms with E-state index in [0.29, 0.717) is 47.3 Å². The van der Waals surface area contributed by atoms with Gasteiger partial charge in [-0.2, -0.15) is 0 Å². The number of rotatable bonds is 13. The zero-order valence-electron chi connectivity index (χ0n) is 51.7. The molecule has 0 aromatic rings. The van der Waals surface area contributed by atoms with Gasteiger partial charge in [0.15, 0.2) is 0 Å². The number of allylic oxidation sites excluding steroid dienone is 4. The maximum absolute atomic E-state index is 14.7. The molecule has 76 heavy (non-hydrogen) atoms. The molecule has 4 N–H and O–H groups in total. The summed E-state index contributed by atoms with van der Waals surface area (Å²) in [5, 5.41) is 29.6. The number of hydrogen-bond acceptors (Lipinski definition) is 4. The molecular weight excluding hydrogens is 933 g/mol. The lowest BCUT2D eigenvalue weighted by Crippen LogP contribution is -2.65. The first-order chi connectivity index (χ1) is 35.4. The molecule has 10 rings (SSSR count). The van der Waals surface area contributed by atoms with Gasteiger partial charge in [0.25, 0.3) is 0 Å². The summed E-state index contributed by atoms with van der Waals surface area (Å²) in [5.41, 5.74) is 4.31. The summed E-state index contributed by atoms with van der Waals surface area (Å²) in [6.45, 7) is 36.7. The first kappa shape index (κ1) is 57.6. The molecule has 0 aliphatic heterocycles. The second-order valence-electron chi connectivity index (χ2n) is 33.8. The molecule has 0 radical (unpaired) electrons. The number of amides is 2. The molecule has 6 heteroatoms. The highest BCUT2D eigenvalue weighted by Crippen LogP contribution is 2.78. The van der Waals surface area contributed by atoms with Crippen LogP contribution in [0.2, 0.25) is 0 Å². The van der Waals surface area contributed by atoms with Crippen molar-refractivity contribution >= 4 is 11.8 Å². The van der Waals surface area contributed by atoms with E-state index in [2.05, 4.69) is 120 Å². The molecule has 8 saturated carbocycles. The Morgan fingerprint density at radius 3 is 1.14 bits per heavy atom. The Bertz CT molecular complexity index is 2120. The number of unbranched alkanes of at least 4 members (excludes halogenated alkanes) is 7. The molecule has 0 spiro atoms. The Kier molecular flexibility index (Phi) is 14.8. The van der Waals surface area contributed by atoms with Gasteiger partial charge in [-0.05, 0) is 231 Å². The van der Waals surface area contributed by atoms with Crippen LogP contribution in [0.15, 0.2) is 23.3 Å². The van der Waals surface area contributed by atoms with E-state index in [9.17, 15) is 19.8 Å². The molecule has 10 aliphatic carbocycles. The fourth-order valence-electron chi connectivity index (χ4n) is 23.3. The molecule has 0 aromatic carbocycles. The summed E-state index contributed by atoms with van der Waals surface area (Å²) in [7, 11) is 0. The van der Waals surface area contributed by atoms with E-state index in [1.807, 2.05) is 0 Å². The fourth-order valence-corrected chi connectivity index (χ4v) is 23.3. The van der Waals surface area contributed by atoms with Crippen molar-refractivity contribution in [1.29, 1.82) is 0 Å². The predicted octanol–water partition coefficient (Wildman–Crippen LogP) is 16.7. The van der Waals surface area contributed by atoms with E-state index in [1.165, 1.54) is 64.2 Å². The lowest BCUT2D eigenvalue weighted by molar-refractivity contribution is -0.203. The van der Waals surface area contributed by atoms with Crippen molar-refractivity contribution in [2.75, 3.05) is 13.1 Å². The van der Waals surface area contributed by atoms with E-state index in [4.69, 9.17) is 0 Å². The highest BCUT2D eigenvalue weighted by Gasteiger charge is 2.71. The average Bonchev–Trinajstić information content (AvgIpc) is 3.50. The molecule has 8 fully saturated rings. The van der Waals surface area contributed by atoms with Gasteiger partial charge in [0.1, 0.15) is 0 Å². The van der Waals surface area contributed by atoms with E-state index < -0.39 is 0 Å². The minimum Gasteiger partial charge on any atom is -0.393 e. The van der Waals surface area contributed by atoms with Gasteiger partial charge in [0.2, 0.25) is 11.8 Å². The first-order valence-electron chi connectivity index (χ1n) is 32.8. The zero-order valence-corrected chi connectivity index (χ0v) is 51.7. The molecule has 0 aromatic heterocycles. The van der Waals surface area contributed by atoms with Crippen LogP contribution in [0.1, 0.15) is 277 Å². The van der Waals surface area contributed by atoms with Crippen LogP contribution in [0, 0.1) is 100 Å². The predicted molar refractivity (Wildman–Crippen MR) is 313 cm³/mol. The van der Waals surface area contributed by atoms with Gasteiger partial charge in [0.05, 0.1) is 23.0 Å². The van der Waals surface area contributed by atoms with Crippen LogP contribution in [-0.2, 0) is 9.59 Å². The topological polar surface area (TPSA) is 98.7 Å². The van der Waals surface area contributed by atoms with Crippen LogP contribution >= 0.6 is 0 Å². The number of fused-ring (bicyclic) bond motifs is 14. The van der Waals surface area contributed by atoms with Crippen molar-refractivity contribution < 1.29 is 19.8 Å². The molecule has 2 amide bonds. The molecular formula is C70H116N2O4. The highest BCUT2D eigenvalue weighted by atomic mass is 16.3. The summed E-state index contributed by atoms with van der Waals surface area (Å²) >= 11 is 0. The minimum absolute atomic E-state index is 0.0400. The Balaban J connectivity index is 0.681. The molecule has 0 saturated heterocycles. The van der Waals surface area contributed by atoms with Crippen LogP contribution in [-0.4, -0.2) is 47.3 Å². The molecule has 6 nitrogen and oxygen atoms in total. The van der Waals surface area contributed by atoms with Gasteiger partial charge in [-0.3, -0.25) is 9.59 Å². The van der Waals surface area contributed by atoms with Crippen LogP contribution in [0.3, 0.4) is 0 Å². The minimum atomic E-state index is -0.277. The zero-order chi connectivity index (χ0) is 55.0. The SMILES string of the molecule is CC1(C)CC[C@]2(C(=O)NCCCCCCCCCCNC(=O)[C@]34CCC(C)(C)C[C@H]3C3=CC[C@@H]5[C@@]6(C)CC[C@H](O)C(C)(C)[C@@H]6CC[C@@]5(C)[C@]3(C)CC4)CC[C@]3(C)C(=CC[C@@H]4[C@@]5(C)CC[C@H](O)C(C)(C)[C@@H]5CC[C@]43C)[C@@H]2C1. The van der Waals surface area contributed by atoms with Crippen LogP contribution in [0.5, 0.6) is 0 Å². The molecule has 0 unspecified atom stereocenters. The van der Waals surface area contributed by atoms with Gasteiger partial charge >= 0.3 is 0 Å². The molecule has 430 valence electrons. The third-order valence-electron chi connectivity index (χ3n) is 28.8. The molecule has 10 aliphatic rings. The summed E-state index contributed by atoms with van der Waals surface area (Å²) in [4.78, 5) is 29.5. The Hall–Kier alpha value is -1.66. The number of aliphatic hydroxyl groups excluding tert-OH is 2. The maximum atomic E-state index is 14.7. The monoisotopic (exact) mass is 1050 g/mol. The number of carbonyl (C=O) groups excluding carboxylic acids is 2. The second kappa shape index (κ2) is 19.5. The van der Waals surface area contributed by atoms with Crippen molar-refractivity contribution in [3.63, 3.8) is 0 Å².